The van der Waals surface area contributed by atoms with E-state index in [0.717, 1.165) is 24.2 Å². The van der Waals surface area contributed by atoms with Crippen LogP contribution in [-0.4, -0.2) is 78.0 Å². The second-order valence-corrected chi connectivity index (χ2v) is 11.2. The van der Waals surface area contributed by atoms with Crippen molar-refractivity contribution >= 4 is 29.1 Å². The van der Waals surface area contributed by atoms with Gasteiger partial charge in [-0.1, -0.05) is 24.3 Å². The Kier molecular flexibility index (Phi) is 7.67. The van der Waals surface area contributed by atoms with Crippen LogP contribution < -0.4 is 10.1 Å². The number of methoxy groups -OCH3 is 1. The highest BCUT2D eigenvalue weighted by Crippen LogP contribution is 2.40. The van der Waals surface area contributed by atoms with Crippen molar-refractivity contribution in [2.75, 3.05) is 40.3 Å². The maximum Gasteiger partial charge on any atom is 0.304 e. The molecule has 2 aromatic carbocycles. The average molecular weight is 549 g/mol. The number of carboxylic acids is 1. The number of nitrogens with one attached hydrogen (secondary N) is 1. The van der Waals surface area contributed by atoms with Gasteiger partial charge < -0.3 is 25.0 Å². The highest BCUT2D eigenvalue weighted by atomic mass is 32.1. The van der Waals surface area contributed by atoms with Gasteiger partial charge in [0.25, 0.3) is 5.91 Å². The van der Waals surface area contributed by atoms with E-state index in [-0.39, 0.29) is 24.8 Å². The Morgan fingerprint density at radius 2 is 1.77 bits per heavy atom. The summed E-state index contributed by atoms with van der Waals surface area (Å²) in [5.74, 6) is -0.686. The highest BCUT2D eigenvalue weighted by Gasteiger charge is 2.45. The minimum Gasteiger partial charge on any atom is -0.496 e. The van der Waals surface area contributed by atoms with Gasteiger partial charge in [-0.05, 0) is 49.2 Å². The second kappa shape index (κ2) is 11.2. The van der Waals surface area contributed by atoms with Crippen LogP contribution in [0, 0.1) is 5.41 Å². The van der Waals surface area contributed by atoms with Crippen molar-refractivity contribution in [2.24, 2.45) is 5.41 Å². The van der Waals surface area contributed by atoms with Gasteiger partial charge in [0.15, 0.2) is 0 Å². The minimum absolute atomic E-state index is 0.0176. The summed E-state index contributed by atoms with van der Waals surface area (Å²) in [6.45, 7) is 3.24. The van der Waals surface area contributed by atoms with Crippen LogP contribution in [0.1, 0.15) is 32.9 Å². The van der Waals surface area contributed by atoms with Gasteiger partial charge in [-0.2, -0.15) is 0 Å². The third-order valence-corrected chi connectivity index (χ3v) is 8.46. The van der Waals surface area contributed by atoms with Crippen LogP contribution in [-0.2, 0) is 29.0 Å². The topological polar surface area (TPSA) is 112 Å². The summed E-state index contributed by atoms with van der Waals surface area (Å²) in [7, 11) is 3.63. The third kappa shape index (κ3) is 5.67. The number of ether oxygens (including phenoxy) is 1. The summed E-state index contributed by atoms with van der Waals surface area (Å²) in [4.78, 5) is 46.9. The normalized spacial score (nSPS) is 16.5. The number of aromatic nitrogens is 1. The number of likely N-dealkylation sites (N-methyl/N-ethyl adjacent to an activating group) is 1. The average Bonchev–Trinajstić information content (AvgIpc) is 3.56. The molecule has 39 heavy (non-hydrogen) atoms. The number of piperazine rings is 1. The van der Waals surface area contributed by atoms with Crippen LogP contribution in [0.4, 0.5) is 0 Å². The van der Waals surface area contributed by atoms with E-state index in [0.29, 0.717) is 53.5 Å². The zero-order chi connectivity index (χ0) is 27.6. The first-order valence-corrected chi connectivity index (χ1v) is 13.8. The van der Waals surface area contributed by atoms with E-state index in [1.807, 2.05) is 47.7 Å². The molecule has 3 aromatic rings. The Bertz CT molecular complexity index is 1370. The van der Waals surface area contributed by atoms with E-state index in [9.17, 15) is 19.5 Å². The number of carbonyl (C=O) groups excluding carboxylic acids is 2. The number of nitrogens with zero attached hydrogens (tertiary/aromatic N) is 3. The molecule has 0 unspecified atom stereocenters. The summed E-state index contributed by atoms with van der Waals surface area (Å²) in [5.41, 5.74) is 2.96. The largest absolute Gasteiger partial charge is 0.496 e. The van der Waals surface area contributed by atoms with Gasteiger partial charge in [0.1, 0.15) is 10.8 Å². The molecule has 2 amide bonds. The second-order valence-electron chi connectivity index (χ2n) is 10.3. The maximum atomic E-state index is 13.3. The molecule has 0 saturated carbocycles. The molecular formula is C29H32N4O5S. The van der Waals surface area contributed by atoms with Crippen molar-refractivity contribution < 1.29 is 24.2 Å². The first kappa shape index (κ1) is 26.8. The zero-order valence-electron chi connectivity index (χ0n) is 22.1. The number of aliphatic carboxylic acids is 1. The first-order chi connectivity index (χ1) is 18.8. The standard InChI is InChI=1S/C29H32N4O5S/c1-32-9-11-33(12-10-32)27(36)19-7-8-24(38-2)22(13-19)23-18-39-25(31-23)17-30-28(37)29(16-26(34)35)14-20-5-3-4-6-21(20)15-29/h3-8,13,18H,9-12,14-17H2,1-2H3,(H,30,37)(H,34,35). The number of hydrogen-bond acceptors (Lipinski definition) is 7. The third-order valence-electron chi connectivity index (χ3n) is 7.61. The van der Waals surface area contributed by atoms with Gasteiger partial charge >= 0.3 is 5.97 Å². The molecule has 2 N–H and O–H groups in total. The van der Waals surface area contributed by atoms with Crippen molar-refractivity contribution in [1.29, 1.82) is 0 Å². The summed E-state index contributed by atoms with van der Waals surface area (Å²) in [6.07, 6.45) is 0.563. The predicted octanol–water partition coefficient (Wildman–Crippen LogP) is 3.08. The van der Waals surface area contributed by atoms with E-state index < -0.39 is 11.4 Å². The lowest BCUT2D eigenvalue weighted by Gasteiger charge is -2.32. The molecule has 0 atom stereocenters. The highest BCUT2D eigenvalue weighted by molar-refractivity contribution is 7.09. The molecule has 9 nitrogen and oxygen atoms in total. The summed E-state index contributed by atoms with van der Waals surface area (Å²) >= 11 is 1.39. The van der Waals surface area contributed by atoms with E-state index in [2.05, 4.69) is 10.2 Å². The molecule has 1 saturated heterocycles. The van der Waals surface area contributed by atoms with Crippen molar-refractivity contribution in [2.45, 2.75) is 25.8 Å². The quantitative estimate of drug-likeness (QED) is 0.445. The molecule has 1 aliphatic heterocycles. The minimum atomic E-state index is -1.02. The molecule has 1 fully saturated rings. The zero-order valence-corrected chi connectivity index (χ0v) is 22.9. The molecule has 0 bridgehead atoms. The van der Waals surface area contributed by atoms with Crippen LogP contribution in [0.15, 0.2) is 47.8 Å². The molecule has 1 aliphatic carbocycles. The fourth-order valence-electron chi connectivity index (χ4n) is 5.44. The van der Waals surface area contributed by atoms with E-state index in [1.165, 1.54) is 11.3 Å². The van der Waals surface area contributed by atoms with E-state index in [1.54, 1.807) is 19.2 Å². The Morgan fingerprint density at radius 3 is 2.41 bits per heavy atom. The van der Waals surface area contributed by atoms with Crippen molar-refractivity contribution in [3.05, 3.63) is 69.5 Å². The Hall–Kier alpha value is -3.76. The molecule has 2 heterocycles. The van der Waals surface area contributed by atoms with Gasteiger partial charge in [-0.3, -0.25) is 14.4 Å². The number of carboxylic acid groups (broad SMARTS) is 1. The van der Waals surface area contributed by atoms with Crippen LogP contribution in [0.2, 0.25) is 0 Å². The number of hydrogen-bond donors (Lipinski definition) is 2. The molecule has 5 rings (SSSR count). The van der Waals surface area contributed by atoms with Crippen LogP contribution >= 0.6 is 11.3 Å². The Morgan fingerprint density at radius 1 is 1.08 bits per heavy atom. The van der Waals surface area contributed by atoms with Gasteiger partial charge in [-0.25, -0.2) is 4.98 Å². The molecule has 0 spiro atoms. The number of amides is 2. The lowest BCUT2D eigenvalue weighted by molar-refractivity contribution is -0.145. The molecular weight excluding hydrogens is 516 g/mol. The lowest BCUT2D eigenvalue weighted by Crippen LogP contribution is -2.47. The number of benzene rings is 2. The van der Waals surface area contributed by atoms with Crippen molar-refractivity contribution in [3.8, 4) is 17.0 Å². The van der Waals surface area contributed by atoms with Crippen LogP contribution in [0.3, 0.4) is 0 Å². The van der Waals surface area contributed by atoms with Crippen molar-refractivity contribution in [3.63, 3.8) is 0 Å². The van der Waals surface area contributed by atoms with E-state index in [4.69, 9.17) is 9.72 Å². The van der Waals surface area contributed by atoms with Gasteiger partial charge in [0.05, 0.1) is 31.2 Å². The Labute approximate surface area is 231 Å². The Balaban J connectivity index is 1.30. The van der Waals surface area contributed by atoms with E-state index >= 15 is 0 Å². The summed E-state index contributed by atoms with van der Waals surface area (Å²) < 4.78 is 5.56. The summed E-state index contributed by atoms with van der Waals surface area (Å²) in [6, 6.07) is 13.1. The van der Waals surface area contributed by atoms with Crippen molar-refractivity contribution in [1.82, 2.24) is 20.1 Å². The molecule has 204 valence electrons. The van der Waals surface area contributed by atoms with Crippen LogP contribution in [0.5, 0.6) is 5.75 Å². The van der Waals surface area contributed by atoms with Gasteiger partial charge in [-0.15, -0.1) is 11.3 Å². The van der Waals surface area contributed by atoms with Crippen LogP contribution in [0.25, 0.3) is 11.3 Å². The summed E-state index contributed by atoms with van der Waals surface area (Å²) in [5, 5.41) is 15.1. The number of rotatable bonds is 8. The van der Waals surface area contributed by atoms with Gasteiger partial charge in [0, 0.05) is 42.7 Å². The molecule has 10 heteroatoms. The number of carbonyl (C=O) groups is 3. The fraction of sp³-hybridized carbons (Fsp3) is 0.379. The number of thiazole rings is 1. The van der Waals surface area contributed by atoms with Gasteiger partial charge in [0.2, 0.25) is 5.91 Å². The molecule has 1 aromatic heterocycles. The molecule has 2 aliphatic rings. The SMILES string of the molecule is COc1ccc(C(=O)N2CCN(C)CC2)cc1-c1csc(CNC(=O)C2(CC(=O)O)Cc3ccccc3C2)n1. The predicted molar refractivity (Wildman–Crippen MR) is 148 cm³/mol. The first-order valence-electron chi connectivity index (χ1n) is 13.0. The fourth-order valence-corrected chi connectivity index (χ4v) is 6.18. The maximum absolute atomic E-state index is 13.3. The smallest absolute Gasteiger partial charge is 0.304 e. The number of fused-ring (bicyclic) bond motifs is 1. The lowest BCUT2D eigenvalue weighted by atomic mass is 9.80. The molecule has 0 radical (unpaired) electrons. The monoisotopic (exact) mass is 548 g/mol.